The fourth-order valence-corrected chi connectivity index (χ4v) is 1.75. The summed E-state index contributed by atoms with van der Waals surface area (Å²) in [5.41, 5.74) is 0.426. The Morgan fingerprint density at radius 3 is 2.47 bits per heavy atom. The lowest BCUT2D eigenvalue weighted by atomic mass is 10.1. The summed E-state index contributed by atoms with van der Waals surface area (Å²) in [6, 6.07) is 5.95. The Morgan fingerprint density at radius 2 is 1.89 bits per heavy atom. The van der Waals surface area contributed by atoms with Crippen molar-refractivity contribution in [1.82, 2.24) is 4.90 Å². The van der Waals surface area contributed by atoms with Gasteiger partial charge >= 0.3 is 5.97 Å². The lowest BCUT2D eigenvalue weighted by molar-refractivity contribution is 0.0697. The Labute approximate surface area is 112 Å². The van der Waals surface area contributed by atoms with E-state index in [1.54, 1.807) is 17.0 Å². The molecular weight excluding hydrogens is 246 g/mol. The third-order valence-electron chi connectivity index (χ3n) is 2.80. The molecule has 1 aromatic rings. The van der Waals surface area contributed by atoms with Gasteiger partial charge in [-0.05, 0) is 24.6 Å². The van der Waals surface area contributed by atoms with Crippen molar-refractivity contribution in [3.8, 4) is 0 Å². The summed E-state index contributed by atoms with van der Waals surface area (Å²) in [6.07, 6.45) is 1.80. The normalized spacial score (nSPS) is 10.2. The van der Waals surface area contributed by atoms with Crippen molar-refractivity contribution < 1.29 is 19.8 Å². The number of carbonyl (C=O) groups excluding carboxylic acids is 1. The SMILES string of the molecule is CCCCN(CCO)C(=O)c1cccc(C(=O)O)c1. The van der Waals surface area contributed by atoms with Gasteiger partial charge in [0.05, 0.1) is 12.2 Å². The van der Waals surface area contributed by atoms with E-state index in [1.165, 1.54) is 12.1 Å². The Morgan fingerprint density at radius 1 is 1.21 bits per heavy atom. The second-order valence-corrected chi connectivity index (χ2v) is 4.26. The highest BCUT2D eigenvalue weighted by Gasteiger charge is 2.16. The van der Waals surface area contributed by atoms with Crippen LogP contribution in [0.25, 0.3) is 0 Å². The summed E-state index contributed by atoms with van der Waals surface area (Å²) in [5, 5.41) is 17.9. The van der Waals surface area contributed by atoms with E-state index >= 15 is 0 Å². The van der Waals surface area contributed by atoms with Crippen molar-refractivity contribution >= 4 is 11.9 Å². The van der Waals surface area contributed by atoms with Crippen LogP contribution >= 0.6 is 0 Å². The number of amides is 1. The summed E-state index contributed by atoms with van der Waals surface area (Å²) in [7, 11) is 0. The molecular formula is C14H19NO4. The van der Waals surface area contributed by atoms with E-state index in [1.807, 2.05) is 6.92 Å². The number of aliphatic hydroxyl groups excluding tert-OH is 1. The molecule has 5 heteroatoms. The highest BCUT2D eigenvalue weighted by molar-refractivity contribution is 5.97. The van der Waals surface area contributed by atoms with Crippen LogP contribution in [-0.2, 0) is 0 Å². The van der Waals surface area contributed by atoms with Gasteiger partial charge < -0.3 is 15.1 Å². The second kappa shape index (κ2) is 7.53. The molecule has 0 atom stereocenters. The molecule has 0 aliphatic carbocycles. The van der Waals surface area contributed by atoms with Crippen LogP contribution in [0.4, 0.5) is 0 Å². The van der Waals surface area contributed by atoms with Gasteiger partial charge in [0.25, 0.3) is 5.91 Å². The molecule has 0 aromatic heterocycles. The standard InChI is InChI=1S/C14H19NO4/c1-2-3-7-15(8-9-16)13(17)11-5-4-6-12(10-11)14(18)19/h4-6,10,16H,2-3,7-9H2,1H3,(H,18,19). The molecule has 0 aliphatic rings. The summed E-state index contributed by atoms with van der Waals surface area (Å²) < 4.78 is 0. The van der Waals surface area contributed by atoms with Crippen LogP contribution in [0.3, 0.4) is 0 Å². The van der Waals surface area contributed by atoms with Gasteiger partial charge in [0.1, 0.15) is 0 Å². The predicted octanol–water partition coefficient (Wildman–Crippen LogP) is 1.62. The summed E-state index contributed by atoms with van der Waals surface area (Å²) in [5.74, 6) is -1.30. The number of aromatic carboxylic acids is 1. The van der Waals surface area contributed by atoms with Crippen molar-refractivity contribution in [2.45, 2.75) is 19.8 Å². The fourth-order valence-electron chi connectivity index (χ4n) is 1.75. The summed E-state index contributed by atoms with van der Waals surface area (Å²) >= 11 is 0. The first-order valence-corrected chi connectivity index (χ1v) is 6.33. The third-order valence-corrected chi connectivity index (χ3v) is 2.80. The first-order valence-electron chi connectivity index (χ1n) is 6.33. The van der Waals surface area contributed by atoms with Crippen molar-refractivity contribution in [2.24, 2.45) is 0 Å². The molecule has 0 heterocycles. The van der Waals surface area contributed by atoms with Crippen molar-refractivity contribution in [3.63, 3.8) is 0 Å². The Bertz CT molecular complexity index is 445. The molecule has 0 fully saturated rings. The minimum Gasteiger partial charge on any atom is -0.478 e. The molecule has 5 nitrogen and oxygen atoms in total. The van der Waals surface area contributed by atoms with Gasteiger partial charge in [0.2, 0.25) is 0 Å². The van der Waals surface area contributed by atoms with Gasteiger partial charge in [-0.3, -0.25) is 4.79 Å². The Kier molecular flexibility index (Phi) is 6.02. The predicted molar refractivity (Wildman–Crippen MR) is 71.3 cm³/mol. The molecule has 0 spiro atoms. The number of benzene rings is 1. The minimum absolute atomic E-state index is 0.0882. The van der Waals surface area contributed by atoms with E-state index in [4.69, 9.17) is 10.2 Å². The maximum absolute atomic E-state index is 12.2. The molecule has 0 aliphatic heterocycles. The average Bonchev–Trinajstić information content (AvgIpc) is 2.42. The zero-order chi connectivity index (χ0) is 14.3. The molecule has 0 bridgehead atoms. The number of unbranched alkanes of at least 4 members (excludes halogenated alkanes) is 1. The number of hydrogen-bond donors (Lipinski definition) is 2. The van der Waals surface area contributed by atoms with Crippen LogP contribution < -0.4 is 0 Å². The van der Waals surface area contributed by atoms with Crippen LogP contribution in [0.15, 0.2) is 24.3 Å². The highest BCUT2D eigenvalue weighted by atomic mass is 16.4. The zero-order valence-corrected chi connectivity index (χ0v) is 11.0. The van der Waals surface area contributed by atoms with Crippen molar-refractivity contribution in [3.05, 3.63) is 35.4 Å². The number of carbonyl (C=O) groups is 2. The molecule has 19 heavy (non-hydrogen) atoms. The van der Waals surface area contributed by atoms with Crippen LogP contribution in [-0.4, -0.2) is 46.7 Å². The summed E-state index contributed by atoms with van der Waals surface area (Å²) in [4.78, 5) is 24.7. The Hall–Kier alpha value is -1.88. The third kappa shape index (κ3) is 4.37. The van der Waals surface area contributed by atoms with E-state index in [0.29, 0.717) is 12.1 Å². The fraction of sp³-hybridized carbons (Fsp3) is 0.429. The zero-order valence-electron chi connectivity index (χ0n) is 11.0. The molecule has 0 saturated carbocycles. The molecule has 104 valence electrons. The van der Waals surface area contributed by atoms with E-state index in [2.05, 4.69) is 0 Å². The van der Waals surface area contributed by atoms with Crippen LogP contribution in [0.1, 0.15) is 40.5 Å². The van der Waals surface area contributed by atoms with E-state index < -0.39 is 5.97 Å². The first-order chi connectivity index (χ1) is 9.10. The average molecular weight is 265 g/mol. The number of carboxylic acids is 1. The number of nitrogens with zero attached hydrogens (tertiary/aromatic N) is 1. The van der Waals surface area contributed by atoms with Crippen molar-refractivity contribution in [2.75, 3.05) is 19.7 Å². The smallest absolute Gasteiger partial charge is 0.335 e. The number of rotatable bonds is 7. The number of aliphatic hydroxyl groups is 1. The monoisotopic (exact) mass is 265 g/mol. The number of carboxylic acid groups (broad SMARTS) is 1. The lowest BCUT2D eigenvalue weighted by Crippen LogP contribution is -2.34. The molecule has 1 amide bonds. The largest absolute Gasteiger partial charge is 0.478 e. The van der Waals surface area contributed by atoms with Crippen LogP contribution in [0, 0.1) is 0 Å². The van der Waals surface area contributed by atoms with E-state index in [9.17, 15) is 9.59 Å². The molecule has 0 radical (unpaired) electrons. The maximum atomic E-state index is 12.2. The van der Waals surface area contributed by atoms with E-state index in [0.717, 1.165) is 12.8 Å². The molecule has 1 rings (SSSR count). The minimum atomic E-state index is -1.06. The summed E-state index contributed by atoms with van der Waals surface area (Å²) in [6.45, 7) is 2.74. The van der Waals surface area contributed by atoms with Gasteiger partial charge in [-0.2, -0.15) is 0 Å². The molecule has 2 N–H and O–H groups in total. The van der Waals surface area contributed by atoms with Crippen molar-refractivity contribution in [1.29, 1.82) is 0 Å². The quantitative estimate of drug-likeness (QED) is 0.785. The van der Waals surface area contributed by atoms with Gasteiger partial charge in [-0.25, -0.2) is 4.79 Å². The van der Waals surface area contributed by atoms with E-state index in [-0.39, 0.29) is 24.6 Å². The van der Waals surface area contributed by atoms with Gasteiger partial charge in [0.15, 0.2) is 0 Å². The molecule has 0 saturated heterocycles. The Balaban J connectivity index is 2.88. The van der Waals surface area contributed by atoms with Gasteiger partial charge in [0, 0.05) is 18.7 Å². The maximum Gasteiger partial charge on any atom is 0.335 e. The van der Waals surface area contributed by atoms with Crippen LogP contribution in [0.5, 0.6) is 0 Å². The van der Waals surface area contributed by atoms with Crippen LogP contribution in [0.2, 0.25) is 0 Å². The first kappa shape index (κ1) is 15.2. The lowest BCUT2D eigenvalue weighted by Gasteiger charge is -2.21. The molecule has 1 aromatic carbocycles. The van der Waals surface area contributed by atoms with Gasteiger partial charge in [-0.1, -0.05) is 19.4 Å². The highest BCUT2D eigenvalue weighted by Crippen LogP contribution is 2.09. The topological polar surface area (TPSA) is 77.8 Å². The van der Waals surface area contributed by atoms with Gasteiger partial charge in [-0.15, -0.1) is 0 Å². The molecule has 0 unspecified atom stereocenters. The second-order valence-electron chi connectivity index (χ2n) is 4.26. The number of hydrogen-bond acceptors (Lipinski definition) is 3.